The van der Waals surface area contributed by atoms with Gasteiger partial charge in [-0.25, -0.2) is 13.5 Å². The number of likely N-dealkylation sites (tertiary alicyclic amines) is 1. The maximum Gasteiger partial charge on any atom is 0.307 e. The van der Waals surface area contributed by atoms with Gasteiger partial charge < -0.3 is 5.11 Å². The van der Waals surface area contributed by atoms with Crippen molar-refractivity contribution in [1.29, 1.82) is 0 Å². The van der Waals surface area contributed by atoms with Gasteiger partial charge in [-0.2, -0.15) is 5.10 Å². The van der Waals surface area contributed by atoms with Gasteiger partial charge in [0.15, 0.2) is 5.82 Å². The maximum atomic E-state index is 14.1. The molecule has 1 atom stereocenters. The third-order valence-corrected chi connectivity index (χ3v) is 4.82. The number of halogens is 2. The van der Waals surface area contributed by atoms with E-state index in [1.54, 1.807) is 0 Å². The van der Waals surface area contributed by atoms with Crippen molar-refractivity contribution in [3.8, 4) is 5.69 Å². The van der Waals surface area contributed by atoms with Crippen LogP contribution in [0, 0.1) is 31.4 Å². The van der Waals surface area contributed by atoms with Crippen LogP contribution in [0.4, 0.5) is 8.78 Å². The number of piperidine rings is 1. The van der Waals surface area contributed by atoms with Crippen molar-refractivity contribution in [2.45, 2.75) is 33.2 Å². The van der Waals surface area contributed by atoms with Crippen molar-refractivity contribution in [2.75, 3.05) is 13.1 Å². The van der Waals surface area contributed by atoms with Gasteiger partial charge in [0, 0.05) is 30.4 Å². The molecule has 1 unspecified atom stereocenters. The average molecular weight is 349 g/mol. The molecule has 1 N–H and O–H groups in total. The van der Waals surface area contributed by atoms with E-state index >= 15 is 0 Å². The average Bonchev–Trinajstić information content (AvgIpc) is 2.83. The normalized spacial score (nSPS) is 18.5. The largest absolute Gasteiger partial charge is 0.481 e. The highest BCUT2D eigenvalue weighted by atomic mass is 19.1. The van der Waals surface area contributed by atoms with E-state index in [1.807, 2.05) is 13.8 Å². The van der Waals surface area contributed by atoms with Crippen molar-refractivity contribution in [3.05, 3.63) is 46.8 Å². The van der Waals surface area contributed by atoms with Crippen LogP contribution in [-0.2, 0) is 11.3 Å². The topological polar surface area (TPSA) is 58.4 Å². The van der Waals surface area contributed by atoms with Gasteiger partial charge in [0.25, 0.3) is 0 Å². The lowest BCUT2D eigenvalue weighted by molar-refractivity contribution is -0.143. The summed E-state index contributed by atoms with van der Waals surface area (Å²) in [7, 11) is 0. The van der Waals surface area contributed by atoms with E-state index in [1.165, 1.54) is 16.8 Å². The molecule has 1 aliphatic rings. The molecule has 1 aliphatic heterocycles. The van der Waals surface area contributed by atoms with Gasteiger partial charge in [-0.05, 0) is 45.4 Å². The maximum absolute atomic E-state index is 14.1. The van der Waals surface area contributed by atoms with Crippen LogP contribution in [0.2, 0.25) is 0 Å². The molecule has 3 rings (SSSR count). The molecule has 2 aromatic rings. The van der Waals surface area contributed by atoms with Gasteiger partial charge in [0.2, 0.25) is 0 Å². The molecule has 0 radical (unpaired) electrons. The van der Waals surface area contributed by atoms with Gasteiger partial charge >= 0.3 is 5.97 Å². The Bertz CT molecular complexity index is 804. The van der Waals surface area contributed by atoms with E-state index in [0.717, 1.165) is 36.0 Å². The Hall–Kier alpha value is -2.28. The summed E-state index contributed by atoms with van der Waals surface area (Å²) in [6.07, 6.45) is 1.54. The molecule has 7 heteroatoms. The Morgan fingerprint density at radius 1 is 1.36 bits per heavy atom. The summed E-state index contributed by atoms with van der Waals surface area (Å²) in [5.74, 6) is -2.40. The summed E-state index contributed by atoms with van der Waals surface area (Å²) in [5, 5.41) is 13.6. The molecule has 0 spiro atoms. The first-order valence-electron chi connectivity index (χ1n) is 8.32. The standard InChI is InChI=1S/C18H21F2N3O2/c1-11-15(10-22-7-3-4-13(9-22)18(24)25)12(2)23(21-11)17-6-5-14(19)8-16(17)20/h5-6,8,13H,3-4,7,9-10H2,1-2H3,(H,24,25). The number of aryl methyl sites for hydroxylation is 1. The number of hydrogen-bond acceptors (Lipinski definition) is 3. The van der Waals surface area contributed by atoms with Crippen LogP contribution >= 0.6 is 0 Å². The van der Waals surface area contributed by atoms with Crippen molar-refractivity contribution in [2.24, 2.45) is 5.92 Å². The monoisotopic (exact) mass is 349 g/mol. The van der Waals surface area contributed by atoms with Crippen LogP contribution in [0.3, 0.4) is 0 Å². The number of hydrogen-bond donors (Lipinski definition) is 1. The van der Waals surface area contributed by atoms with Gasteiger partial charge in [-0.3, -0.25) is 9.69 Å². The lowest BCUT2D eigenvalue weighted by atomic mass is 9.97. The minimum atomic E-state index is -0.762. The number of rotatable bonds is 4. The molecule has 1 aromatic carbocycles. The molecule has 1 saturated heterocycles. The summed E-state index contributed by atoms with van der Waals surface area (Å²) >= 11 is 0. The van der Waals surface area contributed by atoms with Crippen molar-refractivity contribution in [3.63, 3.8) is 0 Å². The lowest BCUT2D eigenvalue weighted by Gasteiger charge is -2.30. The second-order valence-electron chi connectivity index (χ2n) is 6.57. The van der Waals surface area contributed by atoms with Gasteiger partial charge in [0.05, 0.1) is 11.6 Å². The number of aromatic nitrogens is 2. The molecule has 2 heterocycles. The minimum Gasteiger partial charge on any atom is -0.481 e. The summed E-state index contributed by atoms with van der Waals surface area (Å²) in [6, 6.07) is 3.42. The quantitative estimate of drug-likeness (QED) is 0.922. The smallest absolute Gasteiger partial charge is 0.307 e. The van der Waals surface area contributed by atoms with Crippen LogP contribution in [0.15, 0.2) is 18.2 Å². The molecular weight excluding hydrogens is 328 g/mol. The Labute approximate surface area is 144 Å². The molecule has 134 valence electrons. The molecule has 0 bridgehead atoms. The van der Waals surface area contributed by atoms with Crippen LogP contribution in [0.1, 0.15) is 29.8 Å². The zero-order valence-electron chi connectivity index (χ0n) is 14.3. The first kappa shape index (κ1) is 17.5. The summed E-state index contributed by atoms with van der Waals surface area (Å²) in [6.45, 7) is 5.60. The van der Waals surface area contributed by atoms with E-state index in [2.05, 4.69) is 10.00 Å². The van der Waals surface area contributed by atoms with E-state index in [9.17, 15) is 18.7 Å². The van der Waals surface area contributed by atoms with Crippen molar-refractivity contribution >= 4 is 5.97 Å². The third kappa shape index (κ3) is 3.56. The Morgan fingerprint density at radius 3 is 2.80 bits per heavy atom. The number of carbonyl (C=O) groups is 1. The number of nitrogens with zero attached hydrogens (tertiary/aromatic N) is 3. The highest BCUT2D eigenvalue weighted by Crippen LogP contribution is 2.24. The van der Waals surface area contributed by atoms with Crippen LogP contribution in [0.5, 0.6) is 0 Å². The second kappa shape index (κ2) is 6.92. The number of aliphatic carboxylic acids is 1. The first-order valence-corrected chi connectivity index (χ1v) is 8.32. The van der Waals surface area contributed by atoms with E-state index in [4.69, 9.17) is 0 Å². The molecule has 1 fully saturated rings. The van der Waals surface area contributed by atoms with Gasteiger partial charge in [-0.1, -0.05) is 0 Å². The van der Waals surface area contributed by atoms with Crippen LogP contribution in [-0.4, -0.2) is 38.8 Å². The van der Waals surface area contributed by atoms with Gasteiger partial charge in [-0.15, -0.1) is 0 Å². The summed E-state index contributed by atoms with van der Waals surface area (Å²) in [4.78, 5) is 13.3. The Kier molecular flexibility index (Phi) is 4.85. The number of benzene rings is 1. The van der Waals surface area contributed by atoms with E-state index < -0.39 is 17.6 Å². The van der Waals surface area contributed by atoms with Crippen LogP contribution < -0.4 is 0 Å². The SMILES string of the molecule is Cc1nn(-c2ccc(F)cc2F)c(C)c1CN1CCCC(C(=O)O)C1. The highest BCUT2D eigenvalue weighted by molar-refractivity contribution is 5.70. The zero-order chi connectivity index (χ0) is 18.1. The fourth-order valence-corrected chi connectivity index (χ4v) is 3.42. The lowest BCUT2D eigenvalue weighted by Crippen LogP contribution is -2.38. The Balaban J connectivity index is 1.86. The highest BCUT2D eigenvalue weighted by Gasteiger charge is 2.27. The molecule has 25 heavy (non-hydrogen) atoms. The van der Waals surface area contributed by atoms with Crippen molar-refractivity contribution in [1.82, 2.24) is 14.7 Å². The zero-order valence-corrected chi connectivity index (χ0v) is 14.3. The molecule has 5 nitrogen and oxygen atoms in total. The number of carboxylic acids is 1. The van der Waals surface area contributed by atoms with Gasteiger partial charge in [0.1, 0.15) is 11.5 Å². The van der Waals surface area contributed by atoms with Crippen LogP contribution in [0.25, 0.3) is 5.69 Å². The van der Waals surface area contributed by atoms with E-state index in [0.29, 0.717) is 19.5 Å². The Morgan fingerprint density at radius 2 is 2.12 bits per heavy atom. The molecule has 0 amide bonds. The predicted molar refractivity (Wildman–Crippen MR) is 88.6 cm³/mol. The molecule has 0 aliphatic carbocycles. The van der Waals surface area contributed by atoms with E-state index in [-0.39, 0.29) is 11.6 Å². The summed E-state index contributed by atoms with van der Waals surface area (Å²) < 4.78 is 28.7. The molecule has 0 saturated carbocycles. The fourth-order valence-electron chi connectivity index (χ4n) is 3.42. The predicted octanol–water partition coefficient (Wildman–Crippen LogP) is 3.06. The first-order chi connectivity index (χ1) is 11.9. The summed E-state index contributed by atoms with van der Waals surface area (Å²) in [5.41, 5.74) is 2.70. The minimum absolute atomic E-state index is 0.204. The second-order valence-corrected chi connectivity index (χ2v) is 6.57. The molecule has 1 aromatic heterocycles. The van der Waals surface area contributed by atoms with Crippen molar-refractivity contribution < 1.29 is 18.7 Å². The third-order valence-electron chi connectivity index (χ3n) is 4.82. The fraction of sp³-hybridized carbons (Fsp3) is 0.444. The molecular formula is C18H21F2N3O2. The number of carboxylic acid groups (broad SMARTS) is 1.